The molecule has 0 saturated carbocycles. The number of hydrogen-bond acceptors (Lipinski definition) is 9. The maximum atomic E-state index is 7.07. The van der Waals surface area contributed by atoms with Crippen LogP contribution in [0.15, 0.2) is 54.6 Å². The summed E-state index contributed by atoms with van der Waals surface area (Å²) in [5.74, 6) is 5.74. The fourth-order valence-electron chi connectivity index (χ4n) is 7.58. The molecule has 6 bridgehead atoms. The van der Waals surface area contributed by atoms with E-state index in [2.05, 4.69) is 60.3 Å². The Morgan fingerprint density at radius 3 is 1.96 bits per heavy atom. The zero-order chi connectivity index (χ0) is 33.5. The monoisotopic (exact) mass is 652 g/mol. The van der Waals surface area contributed by atoms with Gasteiger partial charge in [0.25, 0.3) is 0 Å². The molecule has 0 amide bonds. The maximum Gasteiger partial charge on any atom is 0.208 e. The lowest BCUT2D eigenvalue weighted by Crippen LogP contribution is -2.34. The summed E-state index contributed by atoms with van der Waals surface area (Å²) in [6.07, 6.45) is 3.18. The van der Waals surface area contributed by atoms with Crippen LogP contribution in [0.1, 0.15) is 45.5 Å². The number of methoxy groups -OCH3 is 5. The summed E-state index contributed by atoms with van der Waals surface area (Å²) in [6.45, 7) is 1.77. The van der Waals surface area contributed by atoms with Gasteiger partial charge in [-0.2, -0.15) is 0 Å². The van der Waals surface area contributed by atoms with Crippen LogP contribution in [0.3, 0.4) is 0 Å². The minimum absolute atomic E-state index is 0.0395. The minimum atomic E-state index is -0.0395. The van der Waals surface area contributed by atoms with Crippen LogP contribution < -0.4 is 33.2 Å². The highest BCUT2D eigenvalue weighted by Crippen LogP contribution is 2.56. The average Bonchev–Trinajstić information content (AvgIpc) is 3.10. The number of benzene rings is 4. The van der Waals surface area contributed by atoms with Gasteiger partial charge in [0, 0.05) is 36.3 Å². The Hall–Kier alpha value is -4.60. The summed E-state index contributed by atoms with van der Waals surface area (Å²) in [5.41, 5.74) is 6.84. The van der Waals surface area contributed by atoms with Crippen molar-refractivity contribution in [2.45, 2.75) is 37.8 Å². The summed E-state index contributed by atoms with van der Waals surface area (Å²) in [5, 5.41) is 0. The second kappa shape index (κ2) is 13.1. The summed E-state index contributed by atoms with van der Waals surface area (Å²) in [4.78, 5) is 4.78. The Bertz CT molecular complexity index is 1820. The quantitative estimate of drug-likeness (QED) is 0.223. The van der Waals surface area contributed by atoms with E-state index in [1.54, 1.807) is 35.5 Å². The van der Waals surface area contributed by atoms with E-state index in [-0.39, 0.29) is 12.1 Å². The van der Waals surface area contributed by atoms with Crippen LogP contribution in [0.4, 0.5) is 0 Å². The van der Waals surface area contributed by atoms with Crippen molar-refractivity contribution < 1.29 is 33.2 Å². The summed E-state index contributed by atoms with van der Waals surface area (Å²) in [6, 6.07) is 18.9. The molecule has 9 heteroatoms. The van der Waals surface area contributed by atoms with Crippen LogP contribution in [0, 0.1) is 0 Å². The van der Waals surface area contributed by atoms with Crippen LogP contribution in [0.25, 0.3) is 0 Å². The van der Waals surface area contributed by atoms with Crippen LogP contribution >= 0.6 is 0 Å². The zero-order valence-corrected chi connectivity index (χ0v) is 28.8. The van der Waals surface area contributed by atoms with Gasteiger partial charge >= 0.3 is 0 Å². The van der Waals surface area contributed by atoms with E-state index in [0.29, 0.717) is 46.0 Å². The second-order valence-corrected chi connectivity index (χ2v) is 12.8. The van der Waals surface area contributed by atoms with Crippen molar-refractivity contribution in [3.05, 3.63) is 88.0 Å². The molecule has 48 heavy (non-hydrogen) atoms. The largest absolute Gasteiger partial charge is 0.493 e. The number of likely N-dealkylation sites (N-methyl/N-ethyl adjacent to an activating group) is 2. The van der Waals surface area contributed by atoms with Crippen molar-refractivity contribution in [2.24, 2.45) is 0 Å². The van der Waals surface area contributed by atoms with E-state index in [9.17, 15) is 0 Å². The number of nitrogens with zero attached hydrogens (tertiary/aromatic N) is 2. The van der Waals surface area contributed by atoms with Gasteiger partial charge in [-0.1, -0.05) is 18.2 Å². The van der Waals surface area contributed by atoms with Gasteiger partial charge < -0.3 is 33.2 Å². The van der Waals surface area contributed by atoms with Crippen LogP contribution in [-0.4, -0.2) is 72.5 Å². The van der Waals surface area contributed by atoms with Crippen LogP contribution in [0.2, 0.25) is 0 Å². The van der Waals surface area contributed by atoms with Gasteiger partial charge in [0.05, 0.1) is 35.5 Å². The average molecular weight is 653 g/mol. The summed E-state index contributed by atoms with van der Waals surface area (Å²) >= 11 is 0. The molecule has 4 aliphatic rings. The predicted molar refractivity (Wildman–Crippen MR) is 184 cm³/mol. The summed E-state index contributed by atoms with van der Waals surface area (Å²) in [7, 11) is 12.7. The third-order valence-electron chi connectivity index (χ3n) is 10.2. The Morgan fingerprint density at radius 1 is 0.604 bits per heavy atom. The van der Waals surface area contributed by atoms with E-state index in [0.717, 1.165) is 66.8 Å². The molecule has 0 spiro atoms. The van der Waals surface area contributed by atoms with Crippen molar-refractivity contribution in [3.8, 4) is 51.7 Å². The van der Waals surface area contributed by atoms with Gasteiger partial charge in [-0.25, -0.2) is 0 Å². The fourth-order valence-corrected chi connectivity index (χ4v) is 7.58. The normalized spacial score (nSPS) is 18.8. The second-order valence-electron chi connectivity index (χ2n) is 12.8. The van der Waals surface area contributed by atoms with Crippen LogP contribution in [-0.2, 0) is 25.7 Å². The Kier molecular flexibility index (Phi) is 8.74. The lowest BCUT2D eigenvalue weighted by Gasteiger charge is -2.38. The van der Waals surface area contributed by atoms with Crippen molar-refractivity contribution >= 4 is 0 Å². The topological polar surface area (TPSA) is 71.1 Å². The molecule has 0 radical (unpaired) electrons. The first-order valence-electron chi connectivity index (χ1n) is 16.4. The molecule has 4 aromatic rings. The maximum absolute atomic E-state index is 7.07. The zero-order valence-electron chi connectivity index (χ0n) is 28.8. The van der Waals surface area contributed by atoms with Crippen molar-refractivity contribution in [2.75, 3.05) is 62.7 Å². The first-order valence-corrected chi connectivity index (χ1v) is 16.4. The van der Waals surface area contributed by atoms with E-state index in [1.807, 2.05) is 18.2 Å². The van der Waals surface area contributed by atoms with E-state index >= 15 is 0 Å². The Morgan fingerprint density at radius 2 is 1.25 bits per heavy atom. The first-order chi connectivity index (χ1) is 23.4. The molecule has 8 rings (SSSR count). The molecule has 0 N–H and O–H groups in total. The number of ether oxygens (including phenoxy) is 7. The highest BCUT2D eigenvalue weighted by atomic mass is 16.6. The van der Waals surface area contributed by atoms with Gasteiger partial charge in [-0.05, 0) is 98.4 Å². The highest BCUT2D eigenvalue weighted by Gasteiger charge is 2.37. The van der Waals surface area contributed by atoms with Crippen molar-refractivity contribution in [1.29, 1.82) is 0 Å². The van der Waals surface area contributed by atoms with Gasteiger partial charge in [0.1, 0.15) is 5.75 Å². The lowest BCUT2D eigenvalue weighted by atomic mass is 9.86. The molecule has 4 aromatic carbocycles. The van der Waals surface area contributed by atoms with Crippen molar-refractivity contribution in [3.63, 3.8) is 0 Å². The molecule has 9 nitrogen and oxygen atoms in total. The molecule has 0 aliphatic carbocycles. The number of fused-ring (bicyclic) bond motifs is 2. The van der Waals surface area contributed by atoms with Gasteiger partial charge in [-0.15, -0.1) is 0 Å². The third kappa shape index (κ3) is 5.54. The molecule has 4 aliphatic heterocycles. The number of hydrogen-bond donors (Lipinski definition) is 0. The molecule has 0 unspecified atom stereocenters. The Labute approximate surface area is 282 Å². The SMILES string of the molecule is COc1ccc2cc1Oc1ccc(cc1)C[C@@H]1c3c(c(OC)c(OC)c(OC)c3Oc3cc4c(cc3OC)CCN(C)[C@@H]4C2)CCN1C. The minimum Gasteiger partial charge on any atom is -0.493 e. The molecule has 252 valence electrons. The standard InChI is InChI=1S/C39H44N2O7/c1-40-16-14-25-21-32(43-4)34-22-28(25)29(40)19-24-10-13-31(42-3)33(20-24)47-26-11-8-23(9-12-26)18-30-35-27(15-17-41(30)2)36(44-5)38(45-6)39(46-7)37(35)48-34/h8-13,20-22,29-30H,14-19H2,1-7H3/t29-,30-/m1/s1. The first kappa shape index (κ1) is 32.0. The van der Waals surface area contributed by atoms with Crippen molar-refractivity contribution in [1.82, 2.24) is 9.80 Å². The highest BCUT2D eigenvalue weighted by molar-refractivity contribution is 5.70. The fraction of sp³-hybridized carbons (Fsp3) is 0.385. The molecule has 0 fully saturated rings. The molecular formula is C39H44N2O7. The number of rotatable bonds is 5. The van der Waals surface area contributed by atoms with Crippen LogP contribution in [0.5, 0.6) is 51.7 Å². The van der Waals surface area contributed by atoms with E-state index in [1.165, 1.54) is 11.1 Å². The Balaban J connectivity index is 1.48. The van der Waals surface area contributed by atoms with E-state index < -0.39 is 0 Å². The molecular weight excluding hydrogens is 608 g/mol. The van der Waals surface area contributed by atoms with Gasteiger partial charge in [-0.3, -0.25) is 9.80 Å². The van der Waals surface area contributed by atoms with E-state index in [4.69, 9.17) is 33.2 Å². The molecule has 4 heterocycles. The smallest absolute Gasteiger partial charge is 0.208 e. The molecule has 0 aromatic heterocycles. The molecule has 2 atom stereocenters. The van der Waals surface area contributed by atoms with Gasteiger partial charge in [0.2, 0.25) is 11.5 Å². The van der Waals surface area contributed by atoms with Gasteiger partial charge in [0.15, 0.2) is 34.5 Å². The lowest BCUT2D eigenvalue weighted by molar-refractivity contribution is 0.216. The predicted octanol–water partition coefficient (Wildman–Crippen LogP) is 7.17. The summed E-state index contributed by atoms with van der Waals surface area (Å²) < 4.78 is 43.3. The molecule has 0 saturated heterocycles. The third-order valence-corrected chi connectivity index (χ3v) is 10.2.